The first-order valence-electron chi connectivity index (χ1n) is 12.6. The van der Waals surface area contributed by atoms with Crippen LogP contribution in [0.4, 0.5) is 19.1 Å². The second-order valence-electron chi connectivity index (χ2n) is 10.7. The van der Waals surface area contributed by atoms with Crippen LogP contribution in [0, 0.1) is 22.9 Å². The number of anilines is 1. The molecule has 0 saturated heterocycles. The molecule has 13 heteroatoms. The van der Waals surface area contributed by atoms with Gasteiger partial charge in [0.15, 0.2) is 5.65 Å². The molecule has 2 N–H and O–H groups in total. The van der Waals surface area contributed by atoms with Crippen LogP contribution in [0.25, 0.3) is 45.2 Å². The highest BCUT2D eigenvalue weighted by atomic mass is 32.2. The summed E-state index contributed by atoms with van der Waals surface area (Å²) in [7, 11) is -3.83. The molecule has 214 valence electrons. The van der Waals surface area contributed by atoms with E-state index in [0.29, 0.717) is 46.8 Å². The molecule has 0 saturated carbocycles. The first-order chi connectivity index (χ1) is 19.3. The van der Waals surface area contributed by atoms with Crippen LogP contribution in [0.2, 0.25) is 0 Å². The summed E-state index contributed by atoms with van der Waals surface area (Å²) in [6.07, 6.45) is 1.60. The van der Waals surface area contributed by atoms with E-state index in [4.69, 9.17) is 9.27 Å². The topological polar surface area (TPSA) is 115 Å². The lowest BCUT2D eigenvalue weighted by molar-refractivity contribution is 0.347. The highest BCUT2D eigenvalue weighted by molar-refractivity contribution is 7.86. The van der Waals surface area contributed by atoms with Gasteiger partial charge < -0.3 is 4.98 Å². The molecule has 0 amide bonds. The van der Waals surface area contributed by atoms with Crippen LogP contribution in [0.5, 0.6) is 0 Å². The zero-order valence-corrected chi connectivity index (χ0v) is 23.5. The van der Waals surface area contributed by atoms with Crippen molar-refractivity contribution in [1.82, 2.24) is 24.5 Å². The Labute approximate surface area is 234 Å². The summed E-state index contributed by atoms with van der Waals surface area (Å²) in [6, 6.07) is 12.4. The van der Waals surface area contributed by atoms with Crippen LogP contribution in [0.3, 0.4) is 0 Å². The summed E-state index contributed by atoms with van der Waals surface area (Å²) in [4.78, 5) is 16.7. The molecule has 9 nitrogen and oxygen atoms in total. The molecular weight excluding hydrogens is 557 g/mol. The maximum atomic E-state index is 14.7. The van der Waals surface area contributed by atoms with Gasteiger partial charge in [-0.15, -0.1) is 4.28 Å². The SMILES string of the molecule is CC(C)(C)CCn1c(NOS(C)(=O)=O)nc2ccc(-c3[nH]c(-c4c(F)cccc4F)nc3-c3ccc(F)cc3)nc21. The molecule has 3 heterocycles. The minimum Gasteiger partial charge on any atom is -0.336 e. The molecule has 5 aromatic rings. The fourth-order valence-electron chi connectivity index (χ4n) is 4.21. The van der Waals surface area contributed by atoms with Gasteiger partial charge in [0.2, 0.25) is 5.95 Å². The van der Waals surface area contributed by atoms with E-state index < -0.39 is 27.6 Å². The second kappa shape index (κ2) is 10.6. The van der Waals surface area contributed by atoms with E-state index in [-0.39, 0.29) is 22.8 Å². The lowest BCUT2D eigenvalue weighted by atomic mass is 9.92. The van der Waals surface area contributed by atoms with Crippen molar-refractivity contribution in [2.75, 3.05) is 11.7 Å². The van der Waals surface area contributed by atoms with Crippen molar-refractivity contribution in [3.8, 4) is 34.0 Å². The number of benzene rings is 2. The number of rotatable bonds is 8. The van der Waals surface area contributed by atoms with Crippen LogP contribution in [0.1, 0.15) is 27.2 Å². The Morgan fingerprint density at radius 2 is 1.63 bits per heavy atom. The van der Waals surface area contributed by atoms with Crippen molar-refractivity contribution in [2.45, 2.75) is 33.7 Å². The number of hydrogen-bond donors (Lipinski definition) is 2. The number of fused-ring (bicyclic) bond motifs is 1. The number of hydrogen-bond acceptors (Lipinski definition) is 7. The van der Waals surface area contributed by atoms with Gasteiger partial charge in [-0.3, -0.25) is 4.57 Å². The van der Waals surface area contributed by atoms with Crippen molar-refractivity contribution in [3.05, 3.63) is 72.0 Å². The summed E-state index contributed by atoms with van der Waals surface area (Å²) in [5.41, 5.74) is 4.34. The number of aromatic amines is 1. The predicted molar refractivity (Wildman–Crippen MR) is 149 cm³/mol. The van der Waals surface area contributed by atoms with E-state index in [0.717, 1.165) is 18.4 Å². The number of nitrogens with one attached hydrogen (secondary N) is 2. The third-order valence-corrected chi connectivity index (χ3v) is 6.63. The van der Waals surface area contributed by atoms with Crippen LogP contribution < -0.4 is 5.48 Å². The molecule has 41 heavy (non-hydrogen) atoms. The fraction of sp³-hybridized carbons (Fsp3) is 0.250. The first-order valence-corrected chi connectivity index (χ1v) is 14.4. The number of imidazole rings is 2. The standard InChI is InChI=1S/C28H27F3N6O3S/c1-28(2,3)14-15-37-26-21(33-27(37)36-40-41(4,38)39)13-12-20(32-26)24-23(16-8-10-17(29)11-9-16)34-25(35-24)22-18(30)6-5-7-19(22)31/h5-13H,14-15H2,1-4H3,(H,33,36)(H,34,35). The Balaban J connectivity index is 1.69. The Hall–Kier alpha value is -4.23. The minimum atomic E-state index is -3.83. The molecule has 0 unspecified atom stereocenters. The van der Waals surface area contributed by atoms with Crippen molar-refractivity contribution in [2.24, 2.45) is 5.41 Å². The first kappa shape index (κ1) is 28.3. The smallest absolute Gasteiger partial charge is 0.285 e. The van der Waals surface area contributed by atoms with E-state index in [1.54, 1.807) is 16.7 Å². The normalized spacial score (nSPS) is 12.3. The molecule has 3 aromatic heterocycles. The third kappa shape index (κ3) is 6.25. The Morgan fingerprint density at radius 1 is 0.951 bits per heavy atom. The molecule has 0 spiro atoms. The average Bonchev–Trinajstić information content (AvgIpc) is 3.47. The molecule has 0 fully saturated rings. The lowest BCUT2D eigenvalue weighted by Crippen LogP contribution is -2.16. The monoisotopic (exact) mass is 584 g/mol. The number of aryl methyl sites for hydroxylation is 1. The Kier molecular flexibility index (Phi) is 7.34. The number of pyridine rings is 1. The molecule has 5 rings (SSSR count). The van der Waals surface area contributed by atoms with Crippen molar-refractivity contribution in [1.29, 1.82) is 0 Å². The van der Waals surface area contributed by atoms with Crippen molar-refractivity contribution < 1.29 is 25.9 Å². The van der Waals surface area contributed by atoms with Gasteiger partial charge in [-0.1, -0.05) is 26.8 Å². The van der Waals surface area contributed by atoms with Gasteiger partial charge >= 0.3 is 0 Å². The second-order valence-corrected chi connectivity index (χ2v) is 12.3. The van der Waals surface area contributed by atoms with E-state index in [9.17, 15) is 21.6 Å². The Bertz CT molecular complexity index is 1820. The molecule has 2 aromatic carbocycles. The van der Waals surface area contributed by atoms with Gasteiger partial charge in [0.25, 0.3) is 10.1 Å². The number of H-pyrrole nitrogens is 1. The van der Waals surface area contributed by atoms with Crippen molar-refractivity contribution >= 4 is 27.2 Å². The van der Waals surface area contributed by atoms with Crippen LogP contribution >= 0.6 is 0 Å². The van der Waals surface area contributed by atoms with Gasteiger partial charge in [-0.25, -0.2) is 33.6 Å². The van der Waals surface area contributed by atoms with Gasteiger partial charge in [-0.2, -0.15) is 8.42 Å². The fourth-order valence-corrected chi connectivity index (χ4v) is 4.43. The largest absolute Gasteiger partial charge is 0.336 e. The number of aromatic nitrogens is 5. The zero-order chi connectivity index (χ0) is 29.5. The molecule has 0 atom stereocenters. The number of halogens is 3. The van der Waals surface area contributed by atoms with Crippen LogP contribution in [-0.2, 0) is 20.9 Å². The Morgan fingerprint density at radius 3 is 2.27 bits per heavy atom. The summed E-state index contributed by atoms with van der Waals surface area (Å²) in [5, 5.41) is 0. The van der Waals surface area contributed by atoms with Gasteiger partial charge in [0.1, 0.15) is 28.8 Å². The van der Waals surface area contributed by atoms with Gasteiger partial charge in [-0.05, 0) is 60.4 Å². The molecule has 0 bridgehead atoms. The van der Waals surface area contributed by atoms with Crippen molar-refractivity contribution in [3.63, 3.8) is 0 Å². The third-order valence-electron chi connectivity index (χ3n) is 6.24. The maximum Gasteiger partial charge on any atom is 0.285 e. The van der Waals surface area contributed by atoms with E-state index in [1.807, 2.05) is 0 Å². The highest BCUT2D eigenvalue weighted by Gasteiger charge is 2.23. The summed E-state index contributed by atoms with van der Waals surface area (Å²) in [5.74, 6) is -1.99. The van der Waals surface area contributed by atoms with Gasteiger partial charge in [0, 0.05) is 12.1 Å². The van der Waals surface area contributed by atoms with E-state index >= 15 is 0 Å². The predicted octanol–water partition coefficient (Wildman–Crippen LogP) is 6.31. The van der Waals surface area contributed by atoms with E-state index in [1.165, 1.54) is 30.3 Å². The highest BCUT2D eigenvalue weighted by Crippen LogP contribution is 2.35. The summed E-state index contributed by atoms with van der Waals surface area (Å²) >= 11 is 0. The molecule has 0 aliphatic carbocycles. The molecule has 0 aliphatic rings. The summed E-state index contributed by atoms with van der Waals surface area (Å²) in [6.45, 7) is 6.61. The maximum absolute atomic E-state index is 14.7. The number of nitrogens with zero attached hydrogens (tertiary/aromatic N) is 4. The lowest BCUT2D eigenvalue weighted by Gasteiger charge is -2.19. The zero-order valence-electron chi connectivity index (χ0n) is 22.7. The minimum absolute atomic E-state index is 0.0676. The van der Waals surface area contributed by atoms with Crippen LogP contribution in [-0.4, -0.2) is 39.2 Å². The molecule has 0 aliphatic heterocycles. The van der Waals surface area contributed by atoms with E-state index in [2.05, 4.69) is 41.2 Å². The van der Waals surface area contributed by atoms with Gasteiger partial charge in [0.05, 0.1) is 28.9 Å². The quantitative estimate of drug-likeness (QED) is 0.205. The molecule has 0 radical (unpaired) electrons. The van der Waals surface area contributed by atoms with Crippen LogP contribution in [0.15, 0.2) is 54.6 Å². The summed E-state index contributed by atoms with van der Waals surface area (Å²) < 4.78 is 72.8. The molecular formula is C28H27F3N6O3S. The average molecular weight is 585 g/mol.